The second-order valence-electron chi connectivity index (χ2n) is 6.81. The van der Waals surface area contributed by atoms with Gasteiger partial charge in [-0.25, -0.2) is 9.31 Å². The lowest BCUT2D eigenvalue weighted by Crippen LogP contribution is -1.96. The van der Waals surface area contributed by atoms with Gasteiger partial charge in [0.05, 0.1) is 22.3 Å². The molecule has 0 unspecified atom stereocenters. The maximum atomic E-state index is 11.5. The number of benzene rings is 1. The van der Waals surface area contributed by atoms with Gasteiger partial charge in [0.1, 0.15) is 5.69 Å². The zero-order chi connectivity index (χ0) is 20.0. The quantitative estimate of drug-likeness (QED) is 0.494. The van der Waals surface area contributed by atoms with Crippen LogP contribution in [0.4, 0.5) is 0 Å². The molecule has 0 aliphatic rings. The molecule has 0 saturated heterocycles. The highest BCUT2D eigenvalue weighted by atomic mass is 16.4. The molecular weight excluding hydrogens is 364 g/mol. The smallest absolute Gasteiger partial charge is 0.335 e. The van der Waals surface area contributed by atoms with E-state index in [-0.39, 0.29) is 5.56 Å². The molecule has 5 rings (SSSR count). The van der Waals surface area contributed by atoms with Gasteiger partial charge in [0.25, 0.3) is 0 Å². The second-order valence-corrected chi connectivity index (χ2v) is 6.81. The number of carbonyl (C=O) groups is 1. The number of carboxylic acids is 1. The number of rotatable bonds is 3. The molecule has 6 heteroatoms. The Morgan fingerprint density at radius 3 is 2.76 bits per heavy atom. The van der Waals surface area contributed by atoms with Crippen LogP contribution in [0.25, 0.3) is 38.9 Å². The number of aryl methyl sites for hydroxylation is 1. The third kappa shape index (κ3) is 2.82. The van der Waals surface area contributed by atoms with Gasteiger partial charge in [0.15, 0.2) is 0 Å². The van der Waals surface area contributed by atoms with Crippen molar-refractivity contribution in [3.8, 4) is 22.5 Å². The summed E-state index contributed by atoms with van der Waals surface area (Å²) in [4.78, 5) is 20.6. The molecule has 0 radical (unpaired) electrons. The first-order valence-electron chi connectivity index (χ1n) is 9.15. The van der Waals surface area contributed by atoms with E-state index < -0.39 is 5.97 Å². The average molecular weight is 380 g/mol. The van der Waals surface area contributed by atoms with Gasteiger partial charge in [-0.15, -0.1) is 0 Å². The Kier molecular flexibility index (Phi) is 3.84. The van der Waals surface area contributed by atoms with Crippen LogP contribution in [0.2, 0.25) is 0 Å². The molecule has 1 N–H and O–H groups in total. The van der Waals surface area contributed by atoms with Crippen molar-refractivity contribution in [2.45, 2.75) is 6.92 Å². The molecule has 0 bridgehead atoms. The fourth-order valence-corrected chi connectivity index (χ4v) is 3.62. The lowest BCUT2D eigenvalue weighted by molar-refractivity contribution is 0.0697. The van der Waals surface area contributed by atoms with Gasteiger partial charge in [-0.2, -0.15) is 5.10 Å². The van der Waals surface area contributed by atoms with Crippen molar-refractivity contribution in [1.82, 2.24) is 19.6 Å². The van der Waals surface area contributed by atoms with Crippen molar-refractivity contribution in [3.05, 3.63) is 84.3 Å². The van der Waals surface area contributed by atoms with E-state index in [1.54, 1.807) is 24.4 Å². The van der Waals surface area contributed by atoms with E-state index in [1.807, 2.05) is 60.1 Å². The minimum absolute atomic E-state index is 0.221. The third-order valence-corrected chi connectivity index (χ3v) is 4.93. The van der Waals surface area contributed by atoms with Crippen LogP contribution in [-0.4, -0.2) is 30.7 Å². The average Bonchev–Trinajstić information content (AvgIpc) is 3.12. The number of nitrogens with zero attached hydrogens (tertiary/aromatic N) is 4. The fourth-order valence-electron chi connectivity index (χ4n) is 3.62. The maximum absolute atomic E-state index is 11.5. The molecule has 29 heavy (non-hydrogen) atoms. The van der Waals surface area contributed by atoms with E-state index in [0.29, 0.717) is 0 Å². The van der Waals surface area contributed by atoms with Crippen molar-refractivity contribution in [1.29, 1.82) is 0 Å². The minimum atomic E-state index is -0.970. The maximum Gasteiger partial charge on any atom is 0.335 e. The van der Waals surface area contributed by atoms with Gasteiger partial charge >= 0.3 is 5.97 Å². The Bertz CT molecular complexity index is 1400. The number of aromatic carboxylic acids is 1. The molecule has 0 atom stereocenters. The van der Waals surface area contributed by atoms with Crippen molar-refractivity contribution < 1.29 is 9.90 Å². The molecule has 0 fully saturated rings. The normalized spacial score (nSPS) is 11.2. The van der Waals surface area contributed by atoms with Gasteiger partial charge in [0.2, 0.25) is 0 Å². The van der Waals surface area contributed by atoms with Crippen molar-refractivity contribution >= 4 is 22.4 Å². The van der Waals surface area contributed by atoms with E-state index in [1.165, 1.54) is 0 Å². The van der Waals surface area contributed by atoms with Crippen LogP contribution < -0.4 is 0 Å². The molecule has 0 spiro atoms. The van der Waals surface area contributed by atoms with Crippen molar-refractivity contribution in [3.63, 3.8) is 0 Å². The van der Waals surface area contributed by atoms with Gasteiger partial charge in [-0.1, -0.05) is 12.1 Å². The predicted molar refractivity (Wildman–Crippen MR) is 111 cm³/mol. The first-order valence-corrected chi connectivity index (χ1v) is 9.15. The zero-order valence-electron chi connectivity index (χ0n) is 15.6. The van der Waals surface area contributed by atoms with Gasteiger partial charge in [-0.05, 0) is 61.0 Å². The first kappa shape index (κ1) is 17.1. The highest BCUT2D eigenvalue weighted by Gasteiger charge is 2.20. The standard InChI is InChI=1S/C23H16N4O2/c1-14-5-4-6-19(25-14)22-21(20-7-2-3-12-27(20)26-22)16-10-11-24-18-9-8-15(23(28)29)13-17(16)18/h2-13H,1H3,(H,28,29). The molecule has 0 saturated carbocycles. The van der Waals surface area contributed by atoms with E-state index >= 15 is 0 Å². The van der Waals surface area contributed by atoms with Gasteiger partial charge in [-0.3, -0.25) is 9.97 Å². The zero-order valence-corrected chi connectivity index (χ0v) is 15.6. The van der Waals surface area contributed by atoms with Crippen LogP contribution in [0.1, 0.15) is 16.1 Å². The SMILES string of the molecule is Cc1cccc(-c2nn3ccccc3c2-c2ccnc3ccc(C(=O)O)cc23)n1. The molecule has 5 aromatic rings. The summed E-state index contributed by atoms with van der Waals surface area (Å²) in [6, 6.07) is 18.6. The summed E-state index contributed by atoms with van der Waals surface area (Å²) >= 11 is 0. The van der Waals surface area contributed by atoms with Crippen LogP contribution in [0.15, 0.2) is 73.1 Å². The van der Waals surface area contributed by atoms with E-state index in [0.717, 1.165) is 44.6 Å². The Hall–Kier alpha value is -4.06. The largest absolute Gasteiger partial charge is 0.478 e. The molecule has 6 nitrogen and oxygen atoms in total. The summed E-state index contributed by atoms with van der Waals surface area (Å²) in [6.45, 7) is 1.94. The fraction of sp³-hybridized carbons (Fsp3) is 0.0435. The number of fused-ring (bicyclic) bond motifs is 2. The summed E-state index contributed by atoms with van der Waals surface area (Å²) in [7, 11) is 0. The summed E-state index contributed by atoms with van der Waals surface area (Å²) < 4.78 is 1.82. The van der Waals surface area contributed by atoms with E-state index in [4.69, 9.17) is 5.10 Å². The Balaban J connectivity index is 1.89. The van der Waals surface area contributed by atoms with Crippen LogP contribution in [0, 0.1) is 6.92 Å². The molecule has 4 aromatic heterocycles. The molecule has 0 aliphatic heterocycles. The topological polar surface area (TPSA) is 80.4 Å². The van der Waals surface area contributed by atoms with Crippen LogP contribution in [-0.2, 0) is 0 Å². The number of carboxylic acid groups (broad SMARTS) is 1. The predicted octanol–water partition coefficient (Wildman–Crippen LogP) is 4.62. The Morgan fingerprint density at radius 2 is 1.93 bits per heavy atom. The highest BCUT2D eigenvalue weighted by Crippen LogP contribution is 2.38. The summed E-state index contributed by atoms with van der Waals surface area (Å²) in [5.74, 6) is -0.970. The number of hydrogen-bond acceptors (Lipinski definition) is 4. The van der Waals surface area contributed by atoms with E-state index in [2.05, 4.69) is 9.97 Å². The number of pyridine rings is 3. The lowest BCUT2D eigenvalue weighted by Gasteiger charge is -2.09. The van der Waals surface area contributed by atoms with E-state index in [9.17, 15) is 9.90 Å². The lowest BCUT2D eigenvalue weighted by atomic mass is 9.97. The monoisotopic (exact) mass is 380 g/mol. The molecule has 4 heterocycles. The Labute approximate surface area is 166 Å². The Morgan fingerprint density at radius 1 is 1.03 bits per heavy atom. The number of hydrogen-bond donors (Lipinski definition) is 1. The molecule has 140 valence electrons. The third-order valence-electron chi connectivity index (χ3n) is 4.93. The van der Waals surface area contributed by atoms with Crippen molar-refractivity contribution in [2.75, 3.05) is 0 Å². The summed E-state index contributed by atoms with van der Waals surface area (Å²) in [6.07, 6.45) is 3.63. The van der Waals surface area contributed by atoms with Gasteiger partial charge < -0.3 is 5.11 Å². The summed E-state index contributed by atoms with van der Waals surface area (Å²) in [5, 5.41) is 15.0. The van der Waals surface area contributed by atoms with Crippen LogP contribution in [0.3, 0.4) is 0 Å². The van der Waals surface area contributed by atoms with Gasteiger partial charge in [0, 0.05) is 29.0 Å². The molecular formula is C23H16N4O2. The van der Waals surface area contributed by atoms with Crippen molar-refractivity contribution in [2.24, 2.45) is 0 Å². The molecule has 1 aromatic carbocycles. The number of aromatic nitrogens is 4. The first-order chi connectivity index (χ1) is 14.1. The highest BCUT2D eigenvalue weighted by molar-refractivity contribution is 6.05. The minimum Gasteiger partial charge on any atom is -0.478 e. The second kappa shape index (κ2) is 6.53. The summed E-state index contributed by atoms with van der Waals surface area (Å²) in [5.41, 5.74) is 6.05. The molecule has 0 amide bonds. The molecule has 0 aliphatic carbocycles. The van der Waals surface area contributed by atoms with Crippen LogP contribution >= 0.6 is 0 Å². The van der Waals surface area contributed by atoms with Crippen LogP contribution in [0.5, 0.6) is 0 Å².